The van der Waals surface area contributed by atoms with Crippen molar-refractivity contribution in [2.45, 2.75) is 0 Å². The van der Waals surface area contributed by atoms with Crippen LogP contribution < -0.4 is 5.73 Å². The largest absolute Gasteiger partial charge is 0.366 e. The summed E-state index contributed by atoms with van der Waals surface area (Å²) in [4.78, 5) is 14.5. The highest BCUT2D eigenvalue weighted by molar-refractivity contribution is 6.17. The van der Waals surface area contributed by atoms with Crippen LogP contribution in [0.2, 0.25) is 0 Å². The smallest absolute Gasteiger partial charge is 0.250 e. The topological polar surface area (TPSA) is 60.9 Å². The maximum atomic E-state index is 10.6. The number of aryl methyl sites for hydroxylation is 1. The van der Waals surface area contributed by atoms with Gasteiger partial charge in [-0.05, 0) is 0 Å². The number of carbonyl (C=O) groups excluding carboxylic acids is 1. The standard InChI is InChI=1S/C7H9N3O/c1-5(7(8)11)6-3-10(2)4-9-6/h3-4H,1H2,2H3,(H2,8,11). The first-order valence-electron chi connectivity index (χ1n) is 3.08. The molecule has 1 aromatic heterocycles. The first-order chi connectivity index (χ1) is 5.11. The van der Waals surface area contributed by atoms with Gasteiger partial charge >= 0.3 is 0 Å². The summed E-state index contributed by atoms with van der Waals surface area (Å²) < 4.78 is 1.73. The van der Waals surface area contributed by atoms with Gasteiger partial charge in [-0.1, -0.05) is 6.58 Å². The summed E-state index contributed by atoms with van der Waals surface area (Å²) in [6.45, 7) is 3.49. The molecule has 1 amide bonds. The molecule has 0 fully saturated rings. The molecule has 0 aliphatic carbocycles. The van der Waals surface area contributed by atoms with E-state index in [2.05, 4.69) is 11.6 Å². The normalized spacial score (nSPS) is 9.55. The number of amides is 1. The molecular weight excluding hydrogens is 142 g/mol. The lowest BCUT2D eigenvalue weighted by Crippen LogP contribution is -2.12. The molecule has 0 aliphatic rings. The number of carbonyl (C=O) groups is 1. The molecule has 2 N–H and O–H groups in total. The number of primary amides is 1. The third-order valence-electron chi connectivity index (χ3n) is 1.31. The van der Waals surface area contributed by atoms with Gasteiger partial charge < -0.3 is 10.3 Å². The van der Waals surface area contributed by atoms with Crippen LogP contribution >= 0.6 is 0 Å². The highest BCUT2D eigenvalue weighted by atomic mass is 16.1. The van der Waals surface area contributed by atoms with Gasteiger partial charge in [0.25, 0.3) is 0 Å². The summed E-state index contributed by atoms with van der Waals surface area (Å²) in [7, 11) is 1.81. The molecule has 4 heteroatoms. The summed E-state index contributed by atoms with van der Waals surface area (Å²) >= 11 is 0. The van der Waals surface area contributed by atoms with Gasteiger partial charge in [-0.3, -0.25) is 4.79 Å². The lowest BCUT2D eigenvalue weighted by atomic mass is 10.2. The molecule has 0 aliphatic heterocycles. The van der Waals surface area contributed by atoms with Gasteiger partial charge in [0.15, 0.2) is 0 Å². The van der Waals surface area contributed by atoms with Crippen molar-refractivity contribution in [1.82, 2.24) is 9.55 Å². The zero-order chi connectivity index (χ0) is 8.43. The number of nitrogens with two attached hydrogens (primary N) is 1. The Balaban J connectivity index is 2.94. The van der Waals surface area contributed by atoms with Gasteiger partial charge in [-0.25, -0.2) is 4.98 Å². The minimum absolute atomic E-state index is 0.241. The van der Waals surface area contributed by atoms with Crippen LogP contribution in [0.15, 0.2) is 19.1 Å². The van der Waals surface area contributed by atoms with Crippen molar-refractivity contribution in [3.8, 4) is 0 Å². The van der Waals surface area contributed by atoms with Crippen LogP contribution in [0.1, 0.15) is 5.69 Å². The third kappa shape index (κ3) is 1.46. The molecule has 11 heavy (non-hydrogen) atoms. The predicted octanol–water partition coefficient (Wildman–Crippen LogP) is -0.0814. The molecule has 0 spiro atoms. The lowest BCUT2D eigenvalue weighted by Gasteiger charge is -1.92. The van der Waals surface area contributed by atoms with Crippen LogP contribution in [0.5, 0.6) is 0 Å². The summed E-state index contributed by atoms with van der Waals surface area (Å²) in [6, 6.07) is 0. The maximum Gasteiger partial charge on any atom is 0.250 e. The summed E-state index contributed by atoms with van der Waals surface area (Å²) in [5, 5.41) is 0. The van der Waals surface area contributed by atoms with Crippen molar-refractivity contribution in [2.75, 3.05) is 0 Å². The highest BCUT2D eigenvalue weighted by Crippen LogP contribution is 2.06. The average Bonchev–Trinajstić information content (AvgIpc) is 2.34. The van der Waals surface area contributed by atoms with E-state index in [0.29, 0.717) is 5.69 Å². The minimum Gasteiger partial charge on any atom is -0.366 e. The second kappa shape index (κ2) is 2.57. The Morgan fingerprint density at radius 1 is 1.82 bits per heavy atom. The van der Waals surface area contributed by atoms with Crippen LogP contribution in [-0.2, 0) is 11.8 Å². The van der Waals surface area contributed by atoms with Crippen molar-refractivity contribution >= 4 is 11.5 Å². The van der Waals surface area contributed by atoms with Crippen molar-refractivity contribution in [3.05, 3.63) is 24.8 Å². The molecule has 0 aromatic carbocycles. The van der Waals surface area contributed by atoms with Crippen LogP contribution in [0, 0.1) is 0 Å². The molecule has 0 atom stereocenters. The van der Waals surface area contributed by atoms with Gasteiger partial charge in [-0.15, -0.1) is 0 Å². The molecule has 0 bridgehead atoms. The first kappa shape index (κ1) is 7.53. The molecule has 0 unspecified atom stereocenters. The van der Waals surface area contributed by atoms with E-state index in [1.54, 1.807) is 17.1 Å². The molecule has 4 nitrogen and oxygen atoms in total. The number of hydrogen-bond donors (Lipinski definition) is 1. The van der Waals surface area contributed by atoms with Gasteiger partial charge in [0.2, 0.25) is 5.91 Å². The average molecular weight is 151 g/mol. The predicted molar refractivity (Wildman–Crippen MR) is 41.4 cm³/mol. The van der Waals surface area contributed by atoms with E-state index in [9.17, 15) is 4.79 Å². The monoisotopic (exact) mass is 151 g/mol. The molecule has 1 heterocycles. The van der Waals surface area contributed by atoms with E-state index in [1.165, 1.54) is 0 Å². The second-order valence-electron chi connectivity index (χ2n) is 2.27. The van der Waals surface area contributed by atoms with Crippen molar-refractivity contribution in [2.24, 2.45) is 12.8 Å². The van der Waals surface area contributed by atoms with Gasteiger partial charge in [-0.2, -0.15) is 0 Å². The Morgan fingerprint density at radius 3 is 2.82 bits per heavy atom. The molecule has 1 rings (SSSR count). The molecule has 58 valence electrons. The van der Waals surface area contributed by atoms with Gasteiger partial charge in [0.1, 0.15) is 0 Å². The van der Waals surface area contributed by atoms with E-state index >= 15 is 0 Å². The van der Waals surface area contributed by atoms with E-state index in [4.69, 9.17) is 5.73 Å². The van der Waals surface area contributed by atoms with E-state index in [0.717, 1.165) is 0 Å². The lowest BCUT2D eigenvalue weighted by molar-refractivity contribution is -0.112. The van der Waals surface area contributed by atoms with E-state index in [-0.39, 0.29) is 5.57 Å². The summed E-state index contributed by atoms with van der Waals surface area (Å²) in [5.41, 5.74) is 5.76. The third-order valence-corrected chi connectivity index (χ3v) is 1.31. The van der Waals surface area contributed by atoms with Gasteiger partial charge in [0.05, 0.1) is 17.6 Å². The zero-order valence-electron chi connectivity index (χ0n) is 6.24. The molecule has 0 radical (unpaired) electrons. The summed E-state index contributed by atoms with van der Waals surface area (Å²) in [6.07, 6.45) is 3.27. The molecular formula is C7H9N3O. The second-order valence-corrected chi connectivity index (χ2v) is 2.27. The number of rotatable bonds is 2. The molecule has 1 aromatic rings. The van der Waals surface area contributed by atoms with Crippen LogP contribution in [0.25, 0.3) is 5.57 Å². The SMILES string of the molecule is C=C(C(N)=O)c1cn(C)cn1. The van der Waals surface area contributed by atoms with Crippen LogP contribution in [0.3, 0.4) is 0 Å². The number of aromatic nitrogens is 2. The number of hydrogen-bond acceptors (Lipinski definition) is 2. The molecule has 0 saturated carbocycles. The minimum atomic E-state index is -0.538. The molecule has 0 saturated heterocycles. The van der Waals surface area contributed by atoms with E-state index in [1.807, 2.05) is 7.05 Å². The van der Waals surface area contributed by atoms with Crippen LogP contribution in [-0.4, -0.2) is 15.5 Å². The Labute approximate surface area is 64.3 Å². The Morgan fingerprint density at radius 2 is 2.45 bits per heavy atom. The number of imidazole rings is 1. The fourth-order valence-electron chi connectivity index (χ4n) is 0.695. The van der Waals surface area contributed by atoms with Gasteiger partial charge in [0, 0.05) is 13.2 Å². The first-order valence-corrected chi connectivity index (χ1v) is 3.08. The van der Waals surface area contributed by atoms with Crippen molar-refractivity contribution in [1.29, 1.82) is 0 Å². The fraction of sp³-hybridized carbons (Fsp3) is 0.143. The Hall–Kier alpha value is -1.58. The fourth-order valence-corrected chi connectivity index (χ4v) is 0.695. The zero-order valence-corrected chi connectivity index (χ0v) is 6.24. The Kier molecular flexibility index (Phi) is 1.76. The number of nitrogens with zero attached hydrogens (tertiary/aromatic N) is 2. The summed E-state index contributed by atoms with van der Waals surface area (Å²) in [5.74, 6) is -0.538. The van der Waals surface area contributed by atoms with Crippen LogP contribution in [0.4, 0.5) is 0 Å². The van der Waals surface area contributed by atoms with E-state index < -0.39 is 5.91 Å². The quantitative estimate of drug-likeness (QED) is 0.601. The highest BCUT2D eigenvalue weighted by Gasteiger charge is 2.06. The maximum absolute atomic E-state index is 10.6. The Bertz CT molecular complexity index is 300. The van der Waals surface area contributed by atoms with Crippen molar-refractivity contribution < 1.29 is 4.79 Å². The van der Waals surface area contributed by atoms with Crippen molar-refractivity contribution in [3.63, 3.8) is 0 Å².